The number of carbonyl (C=O) groups is 2. The van der Waals surface area contributed by atoms with E-state index in [1.165, 1.54) is 18.2 Å². The molecule has 25 heavy (non-hydrogen) atoms. The Kier molecular flexibility index (Phi) is 7.43. The van der Waals surface area contributed by atoms with E-state index < -0.39 is 5.97 Å². The number of benzene rings is 2. The molecule has 5 nitrogen and oxygen atoms in total. The molecule has 0 unspecified atom stereocenters. The van der Waals surface area contributed by atoms with Crippen LogP contribution in [-0.4, -0.2) is 30.8 Å². The van der Waals surface area contributed by atoms with Gasteiger partial charge >= 0.3 is 5.97 Å². The van der Waals surface area contributed by atoms with Crippen LogP contribution in [0, 0.1) is 0 Å². The number of amides is 1. The molecule has 0 aliphatic carbocycles. The van der Waals surface area contributed by atoms with Crippen molar-refractivity contribution in [1.82, 2.24) is 5.32 Å². The van der Waals surface area contributed by atoms with Gasteiger partial charge in [0.1, 0.15) is 0 Å². The van der Waals surface area contributed by atoms with E-state index in [1.54, 1.807) is 11.8 Å². The maximum atomic E-state index is 11.9. The van der Waals surface area contributed by atoms with Gasteiger partial charge in [-0.05, 0) is 42.5 Å². The second kappa shape index (κ2) is 9.56. The molecular weight excluding hydrogens is 383 g/mol. The van der Waals surface area contributed by atoms with Crippen molar-refractivity contribution in [3.63, 3.8) is 0 Å². The van der Waals surface area contributed by atoms with Gasteiger partial charge in [-0.25, -0.2) is 4.79 Å². The number of halogens is 2. The molecule has 8 heteroatoms. The quantitative estimate of drug-likeness (QED) is 0.322. The molecule has 0 bridgehead atoms. The lowest BCUT2D eigenvalue weighted by Gasteiger charge is -2.08. The summed E-state index contributed by atoms with van der Waals surface area (Å²) in [6.07, 6.45) is 0. The maximum Gasteiger partial charge on any atom is 0.340 e. The maximum absolute atomic E-state index is 11.9. The van der Waals surface area contributed by atoms with Crippen molar-refractivity contribution in [1.29, 1.82) is 0 Å². The summed E-state index contributed by atoms with van der Waals surface area (Å²) in [6.45, 7) is 0.0826. The second-order valence-corrected chi connectivity index (χ2v) is 7.00. The summed E-state index contributed by atoms with van der Waals surface area (Å²) in [6, 6.07) is 11.9. The molecule has 132 valence electrons. The second-order valence-electron chi connectivity index (χ2n) is 4.96. The standard InChI is InChI=1S/C17H16Cl2N2O3S/c18-11-1-4-13(5-2-11)25-8-7-21-16(22)10-24-17(23)14-6-3-12(19)9-15(14)20/h1-6,9H,7-8,10,20H2,(H,21,22). The van der Waals surface area contributed by atoms with Crippen molar-refractivity contribution in [2.45, 2.75) is 4.90 Å². The Bertz CT molecular complexity index is 754. The van der Waals surface area contributed by atoms with Crippen LogP contribution in [-0.2, 0) is 9.53 Å². The summed E-state index contributed by atoms with van der Waals surface area (Å²) in [4.78, 5) is 24.6. The van der Waals surface area contributed by atoms with E-state index in [9.17, 15) is 9.59 Å². The molecular formula is C17H16Cl2N2O3S. The fourth-order valence-electron chi connectivity index (χ4n) is 1.87. The topological polar surface area (TPSA) is 81.4 Å². The highest BCUT2D eigenvalue weighted by atomic mass is 35.5. The number of thioether (sulfide) groups is 1. The Morgan fingerprint density at radius 1 is 1.08 bits per heavy atom. The lowest BCUT2D eigenvalue weighted by Crippen LogP contribution is -2.30. The van der Waals surface area contributed by atoms with Crippen molar-refractivity contribution < 1.29 is 14.3 Å². The van der Waals surface area contributed by atoms with E-state index >= 15 is 0 Å². The van der Waals surface area contributed by atoms with Gasteiger partial charge in [-0.15, -0.1) is 11.8 Å². The van der Waals surface area contributed by atoms with E-state index in [-0.39, 0.29) is 23.8 Å². The Balaban J connectivity index is 1.68. The molecule has 0 aromatic heterocycles. The van der Waals surface area contributed by atoms with E-state index in [1.807, 2.05) is 24.3 Å². The Morgan fingerprint density at radius 2 is 1.76 bits per heavy atom. The minimum atomic E-state index is -0.667. The highest BCUT2D eigenvalue weighted by Crippen LogP contribution is 2.20. The number of hydrogen-bond donors (Lipinski definition) is 2. The van der Waals surface area contributed by atoms with Crippen molar-refractivity contribution in [3.05, 3.63) is 58.1 Å². The van der Waals surface area contributed by atoms with Crippen LogP contribution in [0.15, 0.2) is 47.4 Å². The third-order valence-electron chi connectivity index (χ3n) is 3.07. The molecule has 2 rings (SSSR count). The first-order valence-electron chi connectivity index (χ1n) is 7.33. The zero-order chi connectivity index (χ0) is 18.2. The number of anilines is 1. The first-order chi connectivity index (χ1) is 12.0. The van der Waals surface area contributed by atoms with Crippen LogP contribution in [0.5, 0.6) is 0 Å². The third kappa shape index (κ3) is 6.49. The van der Waals surface area contributed by atoms with Crippen LogP contribution in [0.2, 0.25) is 10.0 Å². The molecule has 2 aromatic carbocycles. The van der Waals surface area contributed by atoms with Gasteiger partial charge in [-0.3, -0.25) is 4.79 Å². The predicted molar refractivity (Wildman–Crippen MR) is 101 cm³/mol. The zero-order valence-electron chi connectivity index (χ0n) is 13.1. The first-order valence-corrected chi connectivity index (χ1v) is 9.07. The Labute approximate surface area is 159 Å². The molecule has 1 amide bonds. The van der Waals surface area contributed by atoms with Crippen LogP contribution < -0.4 is 11.1 Å². The van der Waals surface area contributed by atoms with Crippen molar-refractivity contribution >= 4 is 52.5 Å². The summed E-state index contributed by atoms with van der Waals surface area (Å²) >= 11 is 13.2. The molecule has 0 heterocycles. The van der Waals surface area contributed by atoms with Gasteiger partial charge in [0.05, 0.1) is 5.56 Å². The summed E-state index contributed by atoms with van der Waals surface area (Å²) < 4.78 is 4.94. The zero-order valence-corrected chi connectivity index (χ0v) is 15.5. The van der Waals surface area contributed by atoms with Gasteiger partial charge < -0.3 is 15.8 Å². The monoisotopic (exact) mass is 398 g/mol. The highest BCUT2D eigenvalue weighted by Gasteiger charge is 2.13. The number of rotatable bonds is 7. The van der Waals surface area contributed by atoms with Crippen LogP contribution in [0.3, 0.4) is 0 Å². The minimum absolute atomic E-state index is 0.176. The predicted octanol–water partition coefficient (Wildman–Crippen LogP) is 3.64. The van der Waals surface area contributed by atoms with Crippen LogP contribution in [0.4, 0.5) is 5.69 Å². The highest BCUT2D eigenvalue weighted by molar-refractivity contribution is 7.99. The first kappa shape index (κ1) is 19.4. The number of hydrogen-bond acceptors (Lipinski definition) is 5. The van der Waals surface area contributed by atoms with Crippen molar-refractivity contribution in [2.24, 2.45) is 0 Å². The van der Waals surface area contributed by atoms with Crippen molar-refractivity contribution in [3.8, 4) is 0 Å². The van der Waals surface area contributed by atoms with E-state index in [0.29, 0.717) is 22.3 Å². The third-order valence-corrected chi connectivity index (χ3v) is 4.58. The summed E-state index contributed by atoms with van der Waals surface area (Å²) in [7, 11) is 0. The van der Waals surface area contributed by atoms with E-state index in [4.69, 9.17) is 33.7 Å². The lowest BCUT2D eigenvalue weighted by molar-refractivity contribution is -0.124. The largest absolute Gasteiger partial charge is 0.452 e. The molecule has 0 saturated carbocycles. The van der Waals surface area contributed by atoms with E-state index in [0.717, 1.165) is 4.90 Å². The summed E-state index contributed by atoms with van der Waals surface area (Å²) in [5, 5.41) is 3.78. The average molecular weight is 399 g/mol. The van der Waals surface area contributed by atoms with Crippen molar-refractivity contribution in [2.75, 3.05) is 24.6 Å². The smallest absolute Gasteiger partial charge is 0.340 e. The van der Waals surface area contributed by atoms with Crippen LogP contribution in [0.1, 0.15) is 10.4 Å². The molecule has 0 atom stereocenters. The molecule has 0 aliphatic heterocycles. The number of ether oxygens (including phenoxy) is 1. The molecule has 3 N–H and O–H groups in total. The van der Waals surface area contributed by atoms with Gasteiger partial charge in [0, 0.05) is 32.9 Å². The molecule has 2 aromatic rings. The summed E-state index contributed by atoms with van der Waals surface area (Å²) in [5.74, 6) is -0.358. The van der Waals surface area contributed by atoms with Gasteiger partial charge in [-0.2, -0.15) is 0 Å². The molecule has 0 aliphatic rings. The minimum Gasteiger partial charge on any atom is -0.452 e. The Hall–Kier alpha value is -1.89. The summed E-state index contributed by atoms with van der Waals surface area (Å²) in [5.41, 5.74) is 6.08. The Morgan fingerprint density at radius 3 is 2.44 bits per heavy atom. The number of carbonyl (C=O) groups excluding carboxylic acids is 2. The fraction of sp³-hybridized carbons (Fsp3) is 0.176. The van der Waals surface area contributed by atoms with Gasteiger partial charge in [0.2, 0.25) is 0 Å². The molecule has 0 fully saturated rings. The molecule has 0 saturated heterocycles. The fourth-order valence-corrected chi connectivity index (χ4v) is 2.94. The van der Waals surface area contributed by atoms with E-state index in [2.05, 4.69) is 5.32 Å². The van der Waals surface area contributed by atoms with Gasteiger partial charge in [-0.1, -0.05) is 23.2 Å². The number of nitrogens with one attached hydrogen (secondary N) is 1. The number of esters is 1. The average Bonchev–Trinajstić information content (AvgIpc) is 2.58. The number of nitrogen functional groups attached to an aromatic ring is 1. The lowest BCUT2D eigenvalue weighted by atomic mass is 10.2. The SMILES string of the molecule is Nc1cc(Cl)ccc1C(=O)OCC(=O)NCCSc1ccc(Cl)cc1. The van der Waals surface area contributed by atoms with Crippen LogP contribution in [0.25, 0.3) is 0 Å². The van der Waals surface area contributed by atoms with Gasteiger partial charge in [0.25, 0.3) is 5.91 Å². The normalized spacial score (nSPS) is 10.3. The number of nitrogens with two attached hydrogens (primary N) is 1. The molecule has 0 spiro atoms. The van der Waals surface area contributed by atoms with Crippen LogP contribution >= 0.6 is 35.0 Å². The molecule has 0 radical (unpaired) electrons. The van der Waals surface area contributed by atoms with Gasteiger partial charge in [0.15, 0.2) is 6.61 Å².